The number of alkyl halides is 8. The maximum Gasteiger partial charge on any atom is 0.457 e. The summed E-state index contributed by atoms with van der Waals surface area (Å²) in [6.45, 7) is 0. The van der Waals surface area contributed by atoms with Gasteiger partial charge in [-0.15, -0.1) is 0 Å². The van der Waals surface area contributed by atoms with Gasteiger partial charge in [0.05, 0.1) is 5.56 Å². The van der Waals surface area contributed by atoms with Gasteiger partial charge in [0.15, 0.2) is 5.60 Å². The molecule has 0 fully saturated rings. The first-order valence-electron chi connectivity index (χ1n) is 7.75. The molecule has 0 heterocycles. The zero-order chi connectivity index (χ0) is 21.5. The quantitative estimate of drug-likeness (QED) is 0.697. The molecule has 2 nitrogen and oxygen atoms in total. The van der Waals surface area contributed by atoms with Crippen LogP contribution < -0.4 is 4.90 Å². The van der Waals surface area contributed by atoms with Crippen LogP contribution in [0.3, 0.4) is 0 Å². The van der Waals surface area contributed by atoms with E-state index < -0.39 is 40.6 Å². The Balaban J connectivity index is 2.83. The molecule has 28 heavy (non-hydrogen) atoms. The smallest absolute Gasteiger partial charge is 0.377 e. The highest BCUT2D eigenvalue weighted by Crippen LogP contribution is 2.53. The lowest BCUT2D eigenvalue weighted by molar-refractivity contribution is -0.336. The Labute approximate surface area is 155 Å². The van der Waals surface area contributed by atoms with E-state index in [4.69, 9.17) is 0 Å². The Kier molecular flexibility index (Phi) is 5.41. The molecule has 0 aromatic heterocycles. The lowest BCUT2D eigenvalue weighted by Gasteiger charge is -2.39. The Bertz CT molecular complexity index is 827. The number of hydrogen-bond acceptors (Lipinski definition) is 2. The fourth-order valence-corrected chi connectivity index (χ4v) is 2.78. The Hall–Kier alpha value is -2.36. The molecule has 154 valence electrons. The number of halogens is 8. The van der Waals surface area contributed by atoms with Gasteiger partial charge in [-0.2, -0.15) is 35.1 Å². The minimum absolute atomic E-state index is 0.158. The highest BCUT2D eigenvalue weighted by molar-refractivity contribution is 5.59. The summed E-state index contributed by atoms with van der Waals surface area (Å²) in [5.74, 6) is -5.70. The second-order valence-electron chi connectivity index (χ2n) is 6.27. The molecule has 0 amide bonds. The molecule has 0 aliphatic carbocycles. The lowest BCUT2D eigenvalue weighted by atomic mass is 9.79. The van der Waals surface area contributed by atoms with E-state index in [1.807, 2.05) is 0 Å². The van der Waals surface area contributed by atoms with Gasteiger partial charge < -0.3 is 10.0 Å². The molecule has 0 saturated heterocycles. The number of anilines is 1. The third-order valence-corrected chi connectivity index (χ3v) is 4.22. The van der Waals surface area contributed by atoms with Crippen molar-refractivity contribution in [1.29, 1.82) is 0 Å². The topological polar surface area (TPSA) is 23.5 Å². The van der Waals surface area contributed by atoms with Crippen molar-refractivity contribution in [2.45, 2.75) is 23.9 Å². The normalized spacial score (nSPS) is 15.2. The van der Waals surface area contributed by atoms with E-state index >= 15 is 0 Å². The standard InChI is InChI=1S/C18H15F8NO/c1-27(2)14-6-4-3-5-13(14)15(28,17(22,23)18(24,25)26)11-7-9-12(10-8-11)16(19,20)21/h3-10,28H,1-2H3. The van der Waals surface area contributed by atoms with E-state index in [2.05, 4.69) is 0 Å². The summed E-state index contributed by atoms with van der Waals surface area (Å²) < 4.78 is 107. The molecular weight excluding hydrogens is 398 g/mol. The number of hydrogen-bond donors (Lipinski definition) is 1. The van der Waals surface area contributed by atoms with Crippen LogP contribution in [0.2, 0.25) is 0 Å². The van der Waals surface area contributed by atoms with Gasteiger partial charge in [-0.05, 0) is 23.8 Å². The molecule has 0 saturated carbocycles. The van der Waals surface area contributed by atoms with Crippen LogP contribution in [-0.4, -0.2) is 31.3 Å². The number of rotatable bonds is 4. The van der Waals surface area contributed by atoms with Crippen LogP contribution in [0, 0.1) is 0 Å². The summed E-state index contributed by atoms with van der Waals surface area (Å²) in [5, 5.41) is 10.8. The van der Waals surface area contributed by atoms with Crippen molar-refractivity contribution >= 4 is 5.69 Å². The average molecular weight is 413 g/mol. The molecule has 1 unspecified atom stereocenters. The molecule has 0 bridgehead atoms. The van der Waals surface area contributed by atoms with Crippen molar-refractivity contribution in [3.63, 3.8) is 0 Å². The van der Waals surface area contributed by atoms with Gasteiger partial charge in [0.1, 0.15) is 0 Å². The van der Waals surface area contributed by atoms with Crippen LogP contribution in [0.1, 0.15) is 16.7 Å². The van der Waals surface area contributed by atoms with Gasteiger partial charge in [0.25, 0.3) is 0 Å². The molecule has 10 heteroatoms. The van der Waals surface area contributed by atoms with Crippen molar-refractivity contribution in [2.75, 3.05) is 19.0 Å². The van der Waals surface area contributed by atoms with E-state index in [1.165, 1.54) is 31.1 Å². The minimum atomic E-state index is -6.18. The number of benzene rings is 2. The van der Waals surface area contributed by atoms with Crippen LogP contribution in [0.4, 0.5) is 40.8 Å². The van der Waals surface area contributed by atoms with Crippen LogP contribution in [-0.2, 0) is 11.8 Å². The maximum atomic E-state index is 14.5. The maximum absolute atomic E-state index is 14.5. The van der Waals surface area contributed by atoms with Gasteiger partial charge in [0.2, 0.25) is 0 Å². The Morgan fingerprint density at radius 3 is 1.61 bits per heavy atom. The van der Waals surface area contributed by atoms with E-state index in [1.54, 1.807) is 0 Å². The molecule has 0 spiro atoms. The van der Waals surface area contributed by atoms with Crippen LogP contribution in [0.5, 0.6) is 0 Å². The fraction of sp³-hybridized carbons (Fsp3) is 0.333. The SMILES string of the molecule is CN(C)c1ccccc1C(O)(c1ccc(C(F)(F)F)cc1)C(F)(F)C(F)(F)F. The third kappa shape index (κ3) is 3.52. The van der Waals surface area contributed by atoms with E-state index in [-0.39, 0.29) is 5.69 Å². The largest absolute Gasteiger partial charge is 0.457 e. The van der Waals surface area contributed by atoms with E-state index in [0.717, 1.165) is 12.1 Å². The predicted octanol–water partition coefficient (Wildman–Crippen LogP) is 5.20. The second kappa shape index (κ2) is 6.91. The van der Waals surface area contributed by atoms with Crippen LogP contribution in [0.25, 0.3) is 0 Å². The second-order valence-corrected chi connectivity index (χ2v) is 6.27. The Morgan fingerprint density at radius 2 is 1.18 bits per heavy atom. The third-order valence-electron chi connectivity index (χ3n) is 4.22. The number of nitrogens with zero attached hydrogens (tertiary/aromatic N) is 1. The molecule has 0 aliphatic heterocycles. The molecule has 2 aromatic rings. The highest BCUT2D eigenvalue weighted by atomic mass is 19.4. The average Bonchev–Trinajstić information content (AvgIpc) is 2.59. The van der Waals surface area contributed by atoms with Gasteiger partial charge in [0, 0.05) is 25.3 Å². The summed E-state index contributed by atoms with van der Waals surface area (Å²) in [6.07, 6.45) is -11.0. The molecule has 0 aliphatic rings. The highest BCUT2D eigenvalue weighted by Gasteiger charge is 2.71. The first-order chi connectivity index (χ1) is 12.6. The summed E-state index contributed by atoms with van der Waals surface area (Å²) >= 11 is 0. The van der Waals surface area contributed by atoms with E-state index in [0.29, 0.717) is 24.3 Å². The summed E-state index contributed by atoms with van der Waals surface area (Å²) in [4.78, 5) is 1.21. The molecular formula is C18H15F8NO. The van der Waals surface area contributed by atoms with Crippen molar-refractivity contribution in [3.8, 4) is 0 Å². The predicted molar refractivity (Wildman–Crippen MR) is 86.2 cm³/mol. The number of para-hydroxylation sites is 1. The minimum Gasteiger partial charge on any atom is -0.377 e. The zero-order valence-electron chi connectivity index (χ0n) is 14.5. The van der Waals surface area contributed by atoms with Gasteiger partial charge in [-0.3, -0.25) is 0 Å². The zero-order valence-corrected chi connectivity index (χ0v) is 14.5. The van der Waals surface area contributed by atoms with E-state index in [9.17, 15) is 40.2 Å². The van der Waals surface area contributed by atoms with Crippen molar-refractivity contribution in [3.05, 3.63) is 65.2 Å². The number of aliphatic hydroxyl groups is 1. The van der Waals surface area contributed by atoms with Gasteiger partial charge in [-0.25, -0.2) is 0 Å². The summed E-state index contributed by atoms with van der Waals surface area (Å²) in [5.41, 5.74) is -7.21. The molecule has 2 rings (SSSR count). The van der Waals surface area contributed by atoms with Crippen LogP contribution >= 0.6 is 0 Å². The Morgan fingerprint density at radius 1 is 0.714 bits per heavy atom. The molecule has 0 radical (unpaired) electrons. The molecule has 2 aromatic carbocycles. The monoisotopic (exact) mass is 413 g/mol. The van der Waals surface area contributed by atoms with Gasteiger partial charge in [-0.1, -0.05) is 30.3 Å². The van der Waals surface area contributed by atoms with Crippen molar-refractivity contribution in [1.82, 2.24) is 0 Å². The fourth-order valence-electron chi connectivity index (χ4n) is 2.78. The molecule has 1 atom stereocenters. The van der Waals surface area contributed by atoms with Crippen molar-refractivity contribution in [2.24, 2.45) is 0 Å². The summed E-state index contributed by atoms with van der Waals surface area (Å²) in [6, 6.07) is 6.07. The first kappa shape index (κ1) is 21.9. The van der Waals surface area contributed by atoms with Gasteiger partial charge >= 0.3 is 18.3 Å². The van der Waals surface area contributed by atoms with Crippen LogP contribution in [0.15, 0.2) is 48.5 Å². The lowest BCUT2D eigenvalue weighted by Crippen LogP contribution is -2.56. The van der Waals surface area contributed by atoms with Crippen molar-refractivity contribution < 1.29 is 40.2 Å². The molecule has 1 N–H and O–H groups in total. The first-order valence-corrected chi connectivity index (χ1v) is 7.75. The summed E-state index contributed by atoms with van der Waals surface area (Å²) in [7, 11) is 2.72.